The summed E-state index contributed by atoms with van der Waals surface area (Å²) in [6, 6.07) is 7.45. The van der Waals surface area contributed by atoms with Gasteiger partial charge in [-0.25, -0.2) is 21.1 Å². The number of carbonyl (C=O) groups excluding carboxylic acids is 1. The zero-order valence-electron chi connectivity index (χ0n) is 14.2. The van der Waals surface area contributed by atoms with E-state index in [1.54, 1.807) is 6.92 Å². The minimum atomic E-state index is -3.72. The lowest BCUT2D eigenvalue weighted by molar-refractivity contribution is -0.119. The Morgan fingerprint density at radius 3 is 2.19 bits per heavy atom. The quantitative estimate of drug-likeness (QED) is 0.749. The molecule has 10 heteroatoms. The number of piperidine rings is 1. The molecule has 1 unspecified atom stereocenters. The molecule has 2 aliphatic rings. The molecule has 8 nitrogen and oxygen atoms in total. The molecule has 1 amide bonds. The van der Waals surface area contributed by atoms with Gasteiger partial charge in [-0.05, 0) is 37.1 Å². The summed E-state index contributed by atoms with van der Waals surface area (Å²) in [7, 11) is -7.44. The maximum Gasteiger partial charge on any atom is 0.244 e. The van der Waals surface area contributed by atoms with Crippen LogP contribution in [0.3, 0.4) is 0 Å². The molecular weight excluding hydrogens is 378 g/mol. The van der Waals surface area contributed by atoms with E-state index in [1.807, 2.05) is 0 Å². The SMILES string of the molecule is CC1CS(=O)(=O)N(c2ccc(S(=O)(=O)N3CCC(C#N)CC3)cc2)C1=O. The van der Waals surface area contributed by atoms with Crippen LogP contribution in [-0.4, -0.2) is 45.9 Å². The van der Waals surface area contributed by atoms with Crippen molar-refractivity contribution in [2.75, 3.05) is 23.1 Å². The number of amides is 1. The second kappa shape index (κ2) is 6.64. The van der Waals surface area contributed by atoms with E-state index in [1.165, 1.54) is 28.6 Å². The molecule has 2 heterocycles. The first-order valence-electron chi connectivity index (χ1n) is 8.23. The molecule has 2 aliphatic heterocycles. The summed E-state index contributed by atoms with van der Waals surface area (Å²) in [5.74, 6) is -1.51. The van der Waals surface area contributed by atoms with Crippen LogP contribution in [0.2, 0.25) is 0 Å². The number of nitrogens with zero attached hydrogens (tertiary/aromatic N) is 3. The summed E-state index contributed by atoms with van der Waals surface area (Å²) in [5, 5.41) is 8.91. The van der Waals surface area contributed by atoms with Gasteiger partial charge in [0.25, 0.3) is 0 Å². The van der Waals surface area contributed by atoms with E-state index in [0.717, 1.165) is 4.31 Å². The standard InChI is InChI=1S/C16H19N3O5S2/c1-12-11-25(21,22)19(16(12)20)14-2-4-15(5-3-14)26(23,24)18-8-6-13(10-17)7-9-18/h2-5,12-13H,6-9,11H2,1H3. The molecule has 1 aromatic carbocycles. The van der Waals surface area contributed by atoms with E-state index >= 15 is 0 Å². The minimum absolute atomic E-state index is 0.0359. The topological polar surface area (TPSA) is 116 Å². The molecule has 0 aromatic heterocycles. The van der Waals surface area contributed by atoms with Crippen molar-refractivity contribution < 1.29 is 21.6 Å². The second-order valence-electron chi connectivity index (χ2n) is 6.58. The highest BCUT2D eigenvalue weighted by Crippen LogP contribution is 2.30. The molecule has 26 heavy (non-hydrogen) atoms. The van der Waals surface area contributed by atoms with Crippen molar-refractivity contribution in [3.63, 3.8) is 0 Å². The van der Waals surface area contributed by atoms with Crippen LogP contribution in [0.1, 0.15) is 19.8 Å². The van der Waals surface area contributed by atoms with Crippen molar-refractivity contribution >= 4 is 31.6 Å². The normalized spacial score (nSPS) is 24.5. The molecule has 0 N–H and O–H groups in total. The highest BCUT2D eigenvalue weighted by molar-refractivity contribution is 7.94. The van der Waals surface area contributed by atoms with E-state index in [9.17, 15) is 21.6 Å². The van der Waals surface area contributed by atoms with E-state index in [4.69, 9.17) is 5.26 Å². The van der Waals surface area contributed by atoms with Gasteiger partial charge in [0, 0.05) is 19.0 Å². The maximum atomic E-state index is 12.7. The fourth-order valence-corrected chi connectivity index (χ4v) is 6.50. The van der Waals surface area contributed by atoms with Crippen molar-refractivity contribution in [1.29, 1.82) is 5.26 Å². The highest BCUT2D eigenvalue weighted by Gasteiger charge is 2.42. The number of sulfonamides is 2. The average molecular weight is 397 g/mol. The van der Waals surface area contributed by atoms with Crippen LogP contribution in [0, 0.1) is 23.2 Å². The molecule has 1 aromatic rings. The summed E-state index contributed by atoms with van der Waals surface area (Å²) in [5.41, 5.74) is 0.140. The number of hydrogen-bond acceptors (Lipinski definition) is 6. The summed E-state index contributed by atoms with van der Waals surface area (Å²) in [6.07, 6.45) is 0.985. The molecule has 0 spiro atoms. The smallest absolute Gasteiger partial charge is 0.244 e. The Hall–Kier alpha value is -1.96. The summed E-state index contributed by atoms with van der Waals surface area (Å²) < 4.78 is 51.7. The third kappa shape index (κ3) is 3.22. The van der Waals surface area contributed by atoms with Crippen LogP contribution in [0.15, 0.2) is 29.2 Å². The third-order valence-corrected chi connectivity index (χ3v) is 8.49. The summed E-state index contributed by atoms with van der Waals surface area (Å²) in [4.78, 5) is 12.1. The Morgan fingerprint density at radius 2 is 1.73 bits per heavy atom. The lowest BCUT2D eigenvalue weighted by atomic mass is 10.0. The predicted octanol–water partition coefficient (Wildman–Crippen LogP) is 0.923. The van der Waals surface area contributed by atoms with Crippen LogP contribution >= 0.6 is 0 Å². The van der Waals surface area contributed by atoms with Crippen molar-refractivity contribution in [1.82, 2.24) is 4.31 Å². The van der Waals surface area contributed by atoms with Crippen LogP contribution in [0.4, 0.5) is 5.69 Å². The molecule has 0 aliphatic carbocycles. The summed E-state index contributed by atoms with van der Waals surface area (Å²) >= 11 is 0. The van der Waals surface area contributed by atoms with Gasteiger partial charge >= 0.3 is 0 Å². The Labute approximate surface area is 153 Å². The monoisotopic (exact) mass is 397 g/mol. The van der Waals surface area contributed by atoms with Gasteiger partial charge in [-0.2, -0.15) is 9.57 Å². The lowest BCUT2D eigenvalue weighted by Gasteiger charge is -2.28. The Bertz CT molecular complexity index is 956. The molecule has 1 atom stereocenters. The van der Waals surface area contributed by atoms with Crippen molar-refractivity contribution in [3.8, 4) is 6.07 Å². The first-order chi connectivity index (χ1) is 12.2. The first-order valence-corrected chi connectivity index (χ1v) is 11.3. The van der Waals surface area contributed by atoms with E-state index in [2.05, 4.69) is 6.07 Å². The van der Waals surface area contributed by atoms with Crippen LogP contribution < -0.4 is 4.31 Å². The number of anilines is 1. The molecule has 0 saturated carbocycles. The van der Waals surface area contributed by atoms with E-state index in [-0.39, 0.29) is 35.3 Å². The van der Waals surface area contributed by atoms with Gasteiger partial charge in [-0.1, -0.05) is 6.92 Å². The van der Waals surface area contributed by atoms with E-state index in [0.29, 0.717) is 12.8 Å². The van der Waals surface area contributed by atoms with Crippen molar-refractivity contribution in [2.45, 2.75) is 24.7 Å². The van der Waals surface area contributed by atoms with Crippen LogP contribution in [0.5, 0.6) is 0 Å². The Morgan fingerprint density at radius 1 is 1.15 bits per heavy atom. The second-order valence-corrected chi connectivity index (χ2v) is 10.4. The number of benzene rings is 1. The number of rotatable bonds is 3. The van der Waals surface area contributed by atoms with Gasteiger partial charge < -0.3 is 0 Å². The third-order valence-electron chi connectivity index (χ3n) is 4.71. The van der Waals surface area contributed by atoms with Crippen molar-refractivity contribution in [3.05, 3.63) is 24.3 Å². The summed E-state index contributed by atoms with van der Waals surface area (Å²) in [6.45, 7) is 2.10. The molecular formula is C16H19N3O5S2. The highest BCUT2D eigenvalue weighted by atomic mass is 32.2. The largest absolute Gasteiger partial charge is 0.273 e. The zero-order valence-corrected chi connectivity index (χ0v) is 15.8. The van der Waals surface area contributed by atoms with Crippen LogP contribution in [0.25, 0.3) is 0 Å². The molecule has 3 rings (SSSR count). The zero-order chi connectivity index (χ0) is 19.1. The minimum Gasteiger partial charge on any atom is -0.273 e. The maximum absolute atomic E-state index is 12.7. The van der Waals surface area contributed by atoms with Gasteiger partial charge in [0.1, 0.15) is 0 Å². The van der Waals surface area contributed by atoms with Crippen molar-refractivity contribution in [2.24, 2.45) is 11.8 Å². The molecule has 140 valence electrons. The predicted molar refractivity (Wildman–Crippen MR) is 94.0 cm³/mol. The van der Waals surface area contributed by atoms with Gasteiger partial charge in [-0.3, -0.25) is 4.79 Å². The number of nitriles is 1. The Balaban J connectivity index is 1.84. The fourth-order valence-electron chi connectivity index (χ4n) is 3.21. The molecule has 0 bridgehead atoms. The molecule has 2 fully saturated rings. The number of hydrogen-bond donors (Lipinski definition) is 0. The average Bonchev–Trinajstić information content (AvgIpc) is 2.82. The van der Waals surface area contributed by atoms with Gasteiger partial charge in [0.15, 0.2) is 0 Å². The number of carbonyl (C=O) groups is 1. The van der Waals surface area contributed by atoms with Gasteiger partial charge in [-0.15, -0.1) is 0 Å². The fraction of sp³-hybridized carbons (Fsp3) is 0.500. The molecule has 2 saturated heterocycles. The van der Waals surface area contributed by atoms with Gasteiger partial charge in [0.2, 0.25) is 26.0 Å². The first kappa shape index (κ1) is 18.8. The molecule has 0 radical (unpaired) electrons. The lowest BCUT2D eigenvalue weighted by Crippen LogP contribution is -2.38. The van der Waals surface area contributed by atoms with E-state index < -0.39 is 31.9 Å². The van der Waals surface area contributed by atoms with Gasteiger partial charge in [0.05, 0.1) is 28.3 Å². The van der Waals surface area contributed by atoms with Crippen LogP contribution in [-0.2, 0) is 24.8 Å². The Kier molecular flexibility index (Phi) is 4.81.